The van der Waals surface area contributed by atoms with Crippen LogP contribution in [-0.2, 0) is 9.53 Å². The lowest BCUT2D eigenvalue weighted by Gasteiger charge is -2.37. The molecule has 0 bridgehead atoms. The minimum Gasteiger partial charge on any atom is -0.493 e. The number of nitrogens with zero attached hydrogens (tertiary/aromatic N) is 3. The van der Waals surface area contributed by atoms with Crippen molar-refractivity contribution in [2.45, 2.75) is 18.9 Å². The van der Waals surface area contributed by atoms with E-state index >= 15 is 0 Å². The zero-order chi connectivity index (χ0) is 19.8. The summed E-state index contributed by atoms with van der Waals surface area (Å²) in [6.07, 6.45) is 2.26. The zero-order valence-corrected chi connectivity index (χ0v) is 17.5. The molecule has 0 aromatic heterocycles. The summed E-state index contributed by atoms with van der Waals surface area (Å²) >= 11 is 0. The van der Waals surface area contributed by atoms with Crippen molar-refractivity contribution in [1.82, 2.24) is 14.7 Å². The van der Waals surface area contributed by atoms with Crippen molar-refractivity contribution in [3.63, 3.8) is 0 Å². The largest absolute Gasteiger partial charge is 0.493 e. The van der Waals surface area contributed by atoms with Crippen LogP contribution in [0.3, 0.4) is 0 Å². The van der Waals surface area contributed by atoms with E-state index in [9.17, 15) is 4.79 Å². The molecule has 29 heavy (non-hydrogen) atoms. The molecular weight excluding hydrogens is 366 g/mol. The molecular formula is C23H33N3O3. The Morgan fingerprint density at radius 2 is 1.86 bits per heavy atom. The van der Waals surface area contributed by atoms with Gasteiger partial charge in [0, 0.05) is 70.0 Å². The highest BCUT2D eigenvalue weighted by molar-refractivity contribution is 5.80. The van der Waals surface area contributed by atoms with Crippen LogP contribution in [-0.4, -0.2) is 86.7 Å². The minimum atomic E-state index is 0.0385. The van der Waals surface area contributed by atoms with Crippen LogP contribution in [0.15, 0.2) is 24.3 Å². The Morgan fingerprint density at radius 3 is 2.66 bits per heavy atom. The van der Waals surface area contributed by atoms with Gasteiger partial charge in [-0.2, -0.15) is 0 Å². The molecule has 4 aliphatic rings. The van der Waals surface area contributed by atoms with Gasteiger partial charge in [-0.1, -0.05) is 18.2 Å². The topological polar surface area (TPSA) is 45.2 Å². The van der Waals surface area contributed by atoms with Gasteiger partial charge in [0.1, 0.15) is 5.75 Å². The number of ether oxygens (including phenoxy) is 2. The maximum atomic E-state index is 13.5. The molecule has 1 amide bonds. The summed E-state index contributed by atoms with van der Waals surface area (Å²) in [6, 6.07) is 8.72. The van der Waals surface area contributed by atoms with Crippen molar-refractivity contribution in [2.75, 3.05) is 66.1 Å². The quantitative estimate of drug-likeness (QED) is 0.777. The Bertz CT molecular complexity index is 728. The standard InChI is InChI=1S/C23H33N3O3/c1-24-8-10-25(11-9-24)23(27)19-15-26(14-17-6-12-28-13-7-17)22-18-4-2-3-5-21(18)29-16-20(19)22/h2-5,17,19-20,22H,6-16H2,1H3/t19-,20+,22+/m1/s1. The predicted octanol–water partition coefficient (Wildman–Crippen LogP) is 1.87. The first-order chi connectivity index (χ1) is 14.2. The molecule has 4 aliphatic heterocycles. The monoisotopic (exact) mass is 399 g/mol. The molecule has 0 spiro atoms. The molecule has 0 unspecified atom stereocenters. The number of benzene rings is 1. The van der Waals surface area contributed by atoms with Gasteiger partial charge in [0.25, 0.3) is 0 Å². The summed E-state index contributed by atoms with van der Waals surface area (Å²) < 4.78 is 11.7. The van der Waals surface area contributed by atoms with Crippen LogP contribution in [0.5, 0.6) is 5.75 Å². The maximum Gasteiger partial charge on any atom is 0.227 e. The number of carbonyl (C=O) groups is 1. The molecule has 0 aliphatic carbocycles. The molecule has 1 aromatic rings. The van der Waals surface area contributed by atoms with Gasteiger partial charge < -0.3 is 19.3 Å². The van der Waals surface area contributed by atoms with Crippen LogP contribution < -0.4 is 4.74 Å². The first kappa shape index (κ1) is 19.3. The SMILES string of the molecule is CN1CCN(C(=O)[C@@H]2CN(CC3CCOCC3)[C@H]3c4ccccc4OC[C@@H]23)CC1. The van der Waals surface area contributed by atoms with E-state index in [0.717, 1.165) is 71.1 Å². The minimum absolute atomic E-state index is 0.0385. The lowest BCUT2D eigenvalue weighted by Crippen LogP contribution is -2.50. The molecule has 3 saturated heterocycles. The van der Waals surface area contributed by atoms with E-state index in [0.29, 0.717) is 24.5 Å². The Hall–Kier alpha value is -1.63. The van der Waals surface area contributed by atoms with Gasteiger partial charge >= 0.3 is 0 Å². The van der Waals surface area contributed by atoms with Crippen LogP contribution in [0.4, 0.5) is 0 Å². The van der Waals surface area contributed by atoms with Gasteiger partial charge in [0.15, 0.2) is 0 Å². The summed E-state index contributed by atoms with van der Waals surface area (Å²) in [5.41, 5.74) is 1.27. The molecule has 5 rings (SSSR count). The smallest absolute Gasteiger partial charge is 0.227 e. The van der Waals surface area contributed by atoms with Gasteiger partial charge in [-0.15, -0.1) is 0 Å². The van der Waals surface area contributed by atoms with E-state index in [-0.39, 0.29) is 11.8 Å². The third kappa shape index (κ3) is 3.78. The first-order valence-electron chi connectivity index (χ1n) is 11.2. The third-order valence-corrected chi connectivity index (χ3v) is 7.38. The average Bonchev–Trinajstić information content (AvgIpc) is 3.13. The fourth-order valence-electron chi connectivity index (χ4n) is 5.64. The lowest BCUT2D eigenvalue weighted by molar-refractivity contribution is -0.138. The van der Waals surface area contributed by atoms with E-state index in [4.69, 9.17) is 9.47 Å². The second kappa shape index (κ2) is 8.25. The number of carbonyl (C=O) groups excluding carboxylic acids is 1. The number of fused-ring (bicyclic) bond motifs is 3. The average molecular weight is 400 g/mol. The van der Waals surface area contributed by atoms with Crippen molar-refractivity contribution in [3.05, 3.63) is 29.8 Å². The van der Waals surface area contributed by atoms with Crippen molar-refractivity contribution < 1.29 is 14.3 Å². The zero-order valence-electron chi connectivity index (χ0n) is 17.5. The second-order valence-electron chi connectivity index (χ2n) is 9.20. The summed E-state index contributed by atoms with van der Waals surface area (Å²) in [5, 5.41) is 0. The number of para-hydroxylation sites is 1. The number of rotatable bonds is 3. The Labute approximate surface area is 173 Å². The second-order valence-corrected chi connectivity index (χ2v) is 9.20. The molecule has 1 aromatic carbocycles. The number of hydrogen-bond donors (Lipinski definition) is 0. The van der Waals surface area contributed by atoms with Crippen molar-refractivity contribution in [1.29, 1.82) is 0 Å². The van der Waals surface area contributed by atoms with E-state index in [2.05, 4.69) is 39.9 Å². The van der Waals surface area contributed by atoms with E-state index in [1.54, 1.807) is 0 Å². The number of hydrogen-bond acceptors (Lipinski definition) is 5. The highest BCUT2D eigenvalue weighted by atomic mass is 16.5. The van der Waals surface area contributed by atoms with Crippen LogP contribution in [0.25, 0.3) is 0 Å². The van der Waals surface area contributed by atoms with Gasteiger partial charge in [-0.25, -0.2) is 0 Å². The first-order valence-corrected chi connectivity index (χ1v) is 11.2. The van der Waals surface area contributed by atoms with Gasteiger partial charge in [-0.05, 0) is 31.9 Å². The third-order valence-electron chi connectivity index (χ3n) is 7.38. The number of likely N-dealkylation sites (tertiary alicyclic amines) is 1. The Balaban J connectivity index is 1.39. The van der Waals surface area contributed by atoms with Gasteiger partial charge in [0.05, 0.1) is 12.5 Å². The molecule has 3 fully saturated rings. The Kier molecular flexibility index (Phi) is 5.50. The lowest BCUT2D eigenvalue weighted by atomic mass is 9.84. The van der Waals surface area contributed by atoms with E-state index < -0.39 is 0 Å². The van der Waals surface area contributed by atoms with E-state index in [1.165, 1.54) is 5.56 Å². The van der Waals surface area contributed by atoms with Crippen LogP contribution in [0.1, 0.15) is 24.4 Å². The molecule has 6 nitrogen and oxygen atoms in total. The Morgan fingerprint density at radius 1 is 1.10 bits per heavy atom. The number of piperazine rings is 1. The normalized spacial score (nSPS) is 31.2. The highest BCUT2D eigenvalue weighted by Crippen LogP contribution is 2.48. The highest BCUT2D eigenvalue weighted by Gasteiger charge is 2.50. The molecule has 6 heteroatoms. The van der Waals surface area contributed by atoms with Crippen LogP contribution in [0.2, 0.25) is 0 Å². The molecule has 0 N–H and O–H groups in total. The van der Waals surface area contributed by atoms with Gasteiger partial charge in [-0.3, -0.25) is 9.69 Å². The molecule has 158 valence electrons. The van der Waals surface area contributed by atoms with Crippen LogP contribution >= 0.6 is 0 Å². The maximum absolute atomic E-state index is 13.5. The van der Waals surface area contributed by atoms with Crippen LogP contribution in [0, 0.1) is 17.8 Å². The fourth-order valence-corrected chi connectivity index (χ4v) is 5.64. The fraction of sp³-hybridized carbons (Fsp3) is 0.696. The predicted molar refractivity (Wildman–Crippen MR) is 111 cm³/mol. The van der Waals surface area contributed by atoms with Crippen molar-refractivity contribution in [2.24, 2.45) is 17.8 Å². The van der Waals surface area contributed by atoms with Gasteiger partial charge in [0.2, 0.25) is 5.91 Å². The molecule has 3 atom stereocenters. The van der Waals surface area contributed by atoms with Crippen molar-refractivity contribution in [3.8, 4) is 5.75 Å². The number of amides is 1. The summed E-state index contributed by atoms with van der Waals surface area (Å²) in [4.78, 5) is 20.5. The summed E-state index contributed by atoms with van der Waals surface area (Å²) in [6.45, 7) is 7.94. The molecule has 4 heterocycles. The van der Waals surface area contributed by atoms with Crippen molar-refractivity contribution >= 4 is 5.91 Å². The van der Waals surface area contributed by atoms with E-state index in [1.807, 2.05) is 6.07 Å². The molecule has 0 saturated carbocycles. The molecule has 0 radical (unpaired) electrons. The number of likely N-dealkylation sites (N-methyl/N-ethyl adjacent to an activating group) is 1. The summed E-state index contributed by atoms with van der Waals surface area (Å²) in [5.74, 6) is 2.29. The summed E-state index contributed by atoms with van der Waals surface area (Å²) in [7, 11) is 2.13.